The van der Waals surface area contributed by atoms with Gasteiger partial charge in [0.1, 0.15) is 5.82 Å². The second kappa shape index (κ2) is 11.8. The van der Waals surface area contributed by atoms with Gasteiger partial charge in [0.25, 0.3) is 5.91 Å². The number of rotatable bonds is 8. The minimum Gasteiger partial charge on any atom is -0.328 e. The van der Waals surface area contributed by atoms with Crippen LogP contribution in [0.5, 0.6) is 0 Å². The smallest absolute Gasteiger partial charge is 0.254 e. The zero-order valence-electron chi connectivity index (χ0n) is 23.0. The average Bonchev–Trinajstić information content (AvgIpc) is 3.59. The number of nitrogens with one attached hydrogen (secondary N) is 1. The van der Waals surface area contributed by atoms with Gasteiger partial charge in [-0.05, 0) is 60.7 Å². The number of nitrogens with zero attached hydrogens (tertiary/aromatic N) is 3. The summed E-state index contributed by atoms with van der Waals surface area (Å²) in [6.45, 7) is 9.85. The highest BCUT2D eigenvalue weighted by Gasteiger charge is 2.40. The van der Waals surface area contributed by atoms with Crippen molar-refractivity contribution in [3.63, 3.8) is 0 Å². The number of amides is 1. The van der Waals surface area contributed by atoms with Gasteiger partial charge in [-0.25, -0.2) is 4.98 Å². The van der Waals surface area contributed by atoms with E-state index in [1.807, 2.05) is 60.7 Å². The van der Waals surface area contributed by atoms with Crippen LogP contribution in [0, 0.1) is 11.3 Å². The quantitative estimate of drug-likeness (QED) is 0.259. The van der Waals surface area contributed by atoms with Crippen LogP contribution in [0.4, 0.5) is 0 Å². The zero-order valence-corrected chi connectivity index (χ0v) is 23.7. The summed E-state index contributed by atoms with van der Waals surface area (Å²) in [5.41, 5.74) is 3.43. The highest BCUT2D eigenvalue weighted by Crippen LogP contribution is 2.40. The Morgan fingerprint density at radius 2 is 1.77 bits per heavy atom. The van der Waals surface area contributed by atoms with Gasteiger partial charge in [0.15, 0.2) is 0 Å². The number of benzene rings is 3. The Bertz CT molecular complexity index is 1390. The number of carbonyl (C=O) groups excluding carboxylic acids is 1. The van der Waals surface area contributed by atoms with Gasteiger partial charge in [0.2, 0.25) is 0 Å². The molecule has 0 spiro atoms. The number of hydrogen-bond acceptors (Lipinski definition) is 3. The summed E-state index contributed by atoms with van der Waals surface area (Å²) in [6.07, 6.45) is 3.16. The van der Waals surface area contributed by atoms with Crippen molar-refractivity contribution >= 4 is 17.5 Å². The Hall–Kier alpha value is -3.41. The number of carbonyl (C=O) groups is 1. The maximum Gasteiger partial charge on any atom is 0.254 e. The summed E-state index contributed by atoms with van der Waals surface area (Å²) >= 11 is 6.37. The van der Waals surface area contributed by atoms with Gasteiger partial charge >= 0.3 is 0 Å². The van der Waals surface area contributed by atoms with Crippen LogP contribution in [0.2, 0.25) is 5.02 Å². The summed E-state index contributed by atoms with van der Waals surface area (Å²) in [7, 11) is 0. The van der Waals surface area contributed by atoms with Gasteiger partial charge in [-0.3, -0.25) is 4.79 Å². The normalized spacial score (nSPS) is 16.3. The third-order valence-electron chi connectivity index (χ3n) is 7.40. The fraction of sp³-hybridized carbons (Fsp3) is 0.333. The van der Waals surface area contributed by atoms with Crippen molar-refractivity contribution in [1.29, 1.82) is 0 Å². The topological polar surface area (TPSA) is 50.2 Å². The van der Waals surface area contributed by atoms with Gasteiger partial charge in [-0.15, -0.1) is 0 Å². The van der Waals surface area contributed by atoms with Crippen LogP contribution in [0.3, 0.4) is 0 Å². The predicted molar refractivity (Wildman–Crippen MR) is 159 cm³/mol. The first-order chi connectivity index (χ1) is 18.8. The van der Waals surface area contributed by atoms with Crippen LogP contribution in [-0.2, 0) is 6.54 Å². The lowest BCUT2D eigenvalue weighted by Crippen LogP contribution is -2.45. The van der Waals surface area contributed by atoms with E-state index in [0.29, 0.717) is 29.6 Å². The molecule has 2 atom stereocenters. The second-order valence-corrected chi connectivity index (χ2v) is 12.0. The van der Waals surface area contributed by atoms with E-state index in [2.05, 4.69) is 66.0 Å². The molecule has 3 aromatic carbocycles. The number of hydrogen-bond donors (Lipinski definition) is 1. The van der Waals surface area contributed by atoms with E-state index in [1.54, 1.807) is 0 Å². The largest absolute Gasteiger partial charge is 0.328 e. The highest BCUT2D eigenvalue weighted by atomic mass is 35.5. The lowest BCUT2D eigenvalue weighted by atomic mass is 9.83. The fourth-order valence-electron chi connectivity index (χ4n) is 5.54. The SMILES string of the molecule is CC(C)(C)C(c1nc(-c2cccc(Cl)c2)cn1Cc1ccccc1)N(CC1CCNC1)C(=O)c1ccccc1. The van der Waals surface area contributed by atoms with Crippen molar-refractivity contribution in [2.75, 3.05) is 19.6 Å². The molecule has 1 aromatic heterocycles. The Morgan fingerprint density at radius 3 is 2.41 bits per heavy atom. The van der Waals surface area contributed by atoms with Crippen LogP contribution < -0.4 is 5.32 Å². The summed E-state index contributed by atoms with van der Waals surface area (Å²) in [6, 6.07) is 27.6. The van der Waals surface area contributed by atoms with Crippen molar-refractivity contribution in [3.8, 4) is 11.3 Å². The molecule has 0 radical (unpaired) electrons. The van der Waals surface area contributed by atoms with E-state index >= 15 is 0 Å². The molecule has 0 aliphatic carbocycles. The first-order valence-corrected chi connectivity index (χ1v) is 14.1. The molecular weight excluding hydrogens is 504 g/mol. The molecule has 5 rings (SSSR count). The van der Waals surface area contributed by atoms with Crippen molar-refractivity contribution in [2.24, 2.45) is 11.3 Å². The maximum atomic E-state index is 14.2. The third-order valence-corrected chi connectivity index (χ3v) is 7.63. The monoisotopic (exact) mass is 540 g/mol. The van der Waals surface area contributed by atoms with E-state index in [-0.39, 0.29) is 17.4 Å². The maximum absolute atomic E-state index is 14.2. The zero-order chi connectivity index (χ0) is 27.4. The number of aromatic nitrogens is 2. The first kappa shape index (κ1) is 27.2. The summed E-state index contributed by atoms with van der Waals surface area (Å²) < 4.78 is 2.22. The molecule has 6 heteroatoms. The van der Waals surface area contributed by atoms with Crippen molar-refractivity contribution in [3.05, 3.63) is 113 Å². The Labute approximate surface area is 236 Å². The first-order valence-electron chi connectivity index (χ1n) is 13.7. The van der Waals surface area contributed by atoms with Gasteiger partial charge in [0, 0.05) is 35.4 Å². The Kier molecular flexibility index (Phi) is 8.20. The van der Waals surface area contributed by atoms with Gasteiger partial charge in [-0.1, -0.05) is 93.0 Å². The number of halogens is 1. The molecular formula is C33H37ClN4O. The van der Waals surface area contributed by atoms with Crippen molar-refractivity contribution in [2.45, 2.75) is 39.8 Å². The van der Waals surface area contributed by atoms with Gasteiger partial charge in [-0.2, -0.15) is 0 Å². The van der Waals surface area contributed by atoms with Gasteiger partial charge < -0.3 is 14.8 Å². The average molecular weight is 541 g/mol. The standard InChI is InChI=1S/C33H37ClN4O/c1-33(2,3)30(38(22-25-17-18-35-20-25)32(39)26-13-8-5-9-14-26)31-36-29(27-15-10-16-28(34)19-27)23-37(31)21-24-11-6-4-7-12-24/h4-16,19,23,25,30,35H,17-18,20-22H2,1-3H3. The molecule has 1 amide bonds. The van der Waals surface area contributed by atoms with Gasteiger partial charge in [0.05, 0.1) is 11.7 Å². The third kappa shape index (κ3) is 6.43. The minimum absolute atomic E-state index is 0.0426. The van der Waals surface area contributed by atoms with E-state index in [1.165, 1.54) is 5.56 Å². The van der Waals surface area contributed by atoms with Crippen LogP contribution in [0.15, 0.2) is 91.1 Å². The summed E-state index contributed by atoms with van der Waals surface area (Å²) in [5, 5.41) is 4.15. The highest BCUT2D eigenvalue weighted by molar-refractivity contribution is 6.30. The minimum atomic E-state index is -0.276. The van der Waals surface area contributed by atoms with Crippen LogP contribution >= 0.6 is 11.6 Å². The Balaban J connectivity index is 1.65. The molecule has 2 heterocycles. The van der Waals surface area contributed by atoms with E-state index in [4.69, 9.17) is 16.6 Å². The van der Waals surface area contributed by atoms with E-state index in [9.17, 15) is 4.79 Å². The molecule has 1 fully saturated rings. The molecule has 5 nitrogen and oxygen atoms in total. The second-order valence-electron chi connectivity index (χ2n) is 11.6. The molecule has 1 aliphatic heterocycles. The molecule has 202 valence electrons. The molecule has 39 heavy (non-hydrogen) atoms. The van der Waals surface area contributed by atoms with Crippen LogP contribution in [-0.4, -0.2) is 40.0 Å². The predicted octanol–water partition coefficient (Wildman–Crippen LogP) is 7.09. The molecule has 4 aromatic rings. The lowest BCUT2D eigenvalue weighted by molar-refractivity contribution is 0.0437. The van der Waals surface area contributed by atoms with Crippen molar-refractivity contribution < 1.29 is 4.79 Å². The molecule has 1 saturated heterocycles. The molecule has 1 aliphatic rings. The molecule has 2 unspecified atom stereocenters. The number of imidazole rings is 1. The van der Waals surface area contributed by atoms with Crippen LogP contribution in [0.25, 0.3) is 11.3 Å². The molecule has 0 saturated carbocycles. The van der Waals surface area contributed by atoms with Crippen LogP contribution in [0.1, 0.15) is 55.0 Å². The van der Waals surface area contributed by atoms with E-state index < -0.39 is 0 Å². The molecule has 0 bridgehead atoms. The van der Waals surface area contributed by atoms with Crippen molar-refractivity contribution in [1.82, 2.24) is 19.8 Å². The Morgan fingerprint density at radius 1 is 1.05 bits per heavy atom. The summed E-state index contributed by atoms with van der Waals surface area (Å²) in [4.78, 5) is 21.6. The molecule has 1 N–H and O–H groups in total. The van der Waals surface area contributed by atoms with E-state index in [0.717, 1.165) is 36.6 Å². The lowest BCUT2D eigenvalue weighted by Gasteiger charge is -2.41. The fourth-order valence-corrected chi connectivity index (χ4v) is 5.73. The summed E-state index contributed by atoms with van der Waals surface area (Å²) in [5.74, 6) is 1.32.